The number of hydrogen-bond acceptors (Lipinski definition) is 5. The molecule has 1 amide bonds. The molecule has 104 valence electrons. The molecule has 0 radical (unpaired) electrons. The lowest BCUT2D eigenvalue weighted by molar-refractivity contribution is 0.0777. The van der Waals surface area contributed by atoms with Crippen molar-refractivity contribution < 1.29 is 9.18 Å². The molecule has 0 bridgehead atoms. The first-order valence-electron chi connectivity index (χ1n) is 5.91. The van der Waals surface area contributed by atoms with Crippen LogP contribution in [0.3, 0.4) is 0 Å². The van der Waals surface area contributed by atoms with E-state index < -0.39 is 0 Å². The van der Waals surface area contributed by atoms with E-state index in [9.17, 15) is 9.18 Å². The third kappa shape index (κ3) is 3.07. The van der Waals surface area contributed by atoms with Crippen molar-refractivity contribution in [3.8, 4) is 0 Å². The summed E-state index contributed by atoms with van der Waals surface area (Å²) in [5, 5.41) is 7.47. The number of nitrogens with zero attached hydrogens (tertiary/aromatic N) is 3. The molecule has 0 saturated carbocycles. The molecule has 20 heavy (non-hydrogen) atoms. The quantitative estimate of drug-likeness (QED) is 0.646. The number of carbonyl (C=O) groups excluding carboxylic acids is 1. The van der Waals surface area contributed by atoms with Crippen LogP contribution in [0.25, 0.3) is 0 Å². The van der Waals surface area contributed by atoms with Crippen molar-refractivity contribution in [3.05, 3.63) is 53.5 Å². The van der Waals surface area contributed by atoms with E-state index in [1.54, 1.807) is 25.2 Å². The summed E-state index contributed by atoms with van der Waals surface area (Å²) in [6, 6.07) is 9.35. The van der Waals surface area contributed by atoms with Crippen LogP contribution < -0.4 is 11.3 Å². The second-order valence-electron chi connectivity index (χ2n) is 4.20. The predicted molar refractivity (Wildman–Crippen MR) is 72.0 cm³/mol. The van der Waals surface area contributed by atoms with E-state index in [2.05, 4.69) is 15.6 Å². The first-order chi connectivity index (χ1) is 9.61. The van der Waals surface area contributed by atoms with Gasteiger partial charge in [0.2, 0.25) is 0 Å². The summed E-state index contributed by atoms with van der Waals surface area (Å²) in [4.78, 5) is 13.5. The van der Waals surface area contributed by atoms with Crippen LogP contribution in [0.1, 0.15) is 16.1 Å². The molecule has 0 aliphatic heterocycles. The number of hydrogen-bond donors (Lipinski definition) is 2. The third-order valence-corrected chi connectivity index (χ3v) is 2.74. The first-order valence-corrected chi connectivity index (χ1v) is 5.91. The van der Waals surface area contributed by atoms with Crippen LogP contribution in [0.5, 0.6) is 0 Å². The van der Waals surface area contributed by atoms with Gasteiger partial charge >= 0.3 is 0 Å². The highest BCUT2D eigenvalue weighted by molar-refractivity contribution is 5.92. The number of nitrogens with one attached hydrogen (secondary N) is 1. The van der Waals surface area contributed by atoms with Gasteiger partial charge in [-0.15, -0.1) is 10.2 Å². The van der Waals surface area contributed by atoms with Gasteiger partial charge in [0.05, 0.1) is 0 Å². The monoisotopic (exact) mass is 275 g/mol. The van der Waals surface area contributed by atoms with Gasteiger partial charge in [-0.05, 0) is 18.2 Å². The highest BCUT2D eigenvalue weighted by Crippen LogP contribution is 2.11. The topological polar surface area (TPSA) is 84.1 Å². The molecule has 0 atom stereocenters. The molecular formula is C13H14FN5O. The molecule has 2 aromatic rings. The van der Waals surface area contributed by atoms with E-state index in [0.29, 0.717) is 11.4 Å². The number of aromatic nitrogens is 2. The normalized spacial score (nSPS) is 10.2. The van der Waals surface area contributed by atoms with Gasteiger partial charge in [0.15, 0.2) is 11.5 Å². The van der Waals surface area contributed by atoms with E-state index in [-0.39, 0.29) is 24.0 Å². The Morgan fingerprint density at radius 1 is 1.30 bits per heavy atom. The zero-order chi connectivity index (χ0) is 14.5. The van der Waals surface area contributed by atoms with Gasteiger partial charge in [0.25, 0.3) is 5.91 Å². The minimum absolute atomic E-state index is 0.157. The number of anilines is 1. The number of rotatable bonds is 4. The summed E-state index contributed by atoms with van der Waals surface area (Å²) in [6.45, 7) is 0.157. The van der Waals surface area contributed by atoms with Crippen molar-refractivity contribution in [2.45, 2.75) is 6.54 Å². The number of amides is 1. The van der Waals surface area contributed by atoms with Crippen LogP contribution in [-0.2, 0) is 6.54 Å². The van der Waals surface area contributed by atoms with Gasteiger partial charge in [0.1, 0.15) is 5.82 Å². The zero-order valence-corrected chi connectivity index (χ0v) is 10.9. The molecule has 0 aliphatic carbocycles. The lowest BCUT2D eigenvalue weighted by Crippen LogP contribution is -2.27. The molecule has 0 unspecified atom stereocenters. The lowest BCUT2D eigenvalue weighted by Gasteiger charge is -2.16. The van der Waals surface area contributed by atoms with Crippen molar-refractivity contribution in [1.29, 1.82) is 0 Å². The highest BCUT2D eigenvalue weighted by atomic mass is 19.1. The van der Waals surface area contributed by atoms with Gasteiger partial charge in [-0.1, -0.05) is 18.2 Å². The van der Waals surface area contributed by atoms with Crippen molar-refractivity contribution in [2.75, 3.05) is 12.5 Å². The average Bonchev–Trinajstić information content (AvgIpc) is 2.49. The summed E-state index contributed by atoms with van der Waals surface area (Å²) < 4.78 is 13.5. The van der Waals surface area contributed by atoms with E-state index in [4.69, 9.17) is 5.84 Å². The summed E-state index contributed by atoms with van der Waals surface area (Å²) in [5.74, 6) is 4.84. The van der Waals surface area contributed by atoms with Crippen molar-refractivity contribution in [2.24, 2.45) is 5.84 Å². The molecule has 1 heterocycles. The van der Waals surface area contributed by atoms with Crippen LogP contribution >= 0.6 is 0 Å². The van der Waals surface area contributed by atoms with Crippen LogP contribution in [0, 0.1) is 5.82 Å². The molecule has 3 N–H and O–H groups in total. The Bertz CT molecular complexity index is 602. The van der Waals surface area contributed by atoms with Gasteiger partial charge in [-0.3, -0.25) is 4.79 Å². The maximum absolute atomic E-state index is 13.5. The fourth-order valence-corrected chi connectivity index (χ4v) is 1.67. The predicted octanol–water partition coefficient (Wildman–Crippen LogP) is 1.17. The Balaban J connectivity index is 2.10. The van der Waals surface area contributed by atoms with Crippen molar-refractivity contribution in [3.63, 3.8) is 0 Å². The van der Waals surface area contributed by atoms with Crippen LogP contribution in [0.4, 0.5) is 10.2 Å². The minimum atomic E-state index is -0.346. The smallest absolute Gasteiger partial charge is 0.274 e. The Morgan fingerprint density at radius 2 is 2.05 bits per heavy atom. The van der Waals surface area contributed by atoms with Crippen LogP contribution in [0.15, 0.2) is 36.4 Å². The minimum Gasteiger partial charge on any atom is -0.336 e. The standard InChI is InChI=1S/C13H14FN5O/c1-19(8-9-4-2-3-5-10(9)14)13(20)11-6-7-12(16-15)18-17-11/h2-7H,8,15H2,1H3,(H,16,18). The van der Waals surface area contributed by atoms with Crippen LogP contribution in [-0.4, -0.2) is 28.1 Å². The van der Waals surface area contributed by atoms with Gasteiger partial charge < -0.3 is 10.3 Å². The molecule has 1 aromatic heterocycles. The average molecular weight is 275 g/mol. The maximum Gasteiger partial charge on any atom is 0.274 e. The largest absolute Gasteiger partial charge is 0.336 e. The molecule has 0 spiro atoms. The third-order valence-electron chi connectivity index (χ3n) is 2.74. The lowest BCUT2D eigenvalue weighted by atomic mass is 10.2. The molecule has 6 nitrogen and oxygen atoms in total. The summed E-state index contributed by atoms with van der Waals surface area (Å²) in [6.07, 6.45) is 0. The van der Waals surface area contributed by atoms with E-state index in [0.717, 1.165) is 0 Å². The van der Waals surface area contributed by atoms with E-state index >= 15 is 0 Å². The molecule has 0 fully saturated rings. The molecule has 0 saturated heterocycles. The summed E-state index contributed by atoms with van der Waals surface area (Å²) in [5.41, 5.74) is 2.93. The maximum atomic E-state index is 13.5. The second kappa shape index (κ2) is 6.07. The Labute approximate surface area is 115 Å². The van der Waals surface area contributed by atoms with Crippen molar-refractivity contribution >= 4 is 11.7 Å². The summed E-state index contributed by atoms with van der Waals surface area (Å²) >= 11 is 0. The number of benzene rings is 1. The SMILES string of the molecule is CN(Cc1ccccc1F)C(=O)c1ccc(NN)nn1. The molecule has 7 heteroatoms. The fraction of sp³-hybridized carbons (Fsp3) is 0.154. The number of halogens is 1. The Kier molecular flexibility index (Phi) is 4.21. The number of nitrogens with two attached hydrogens (primary N) is 1. The van der Waals surface area contributed by atoms with Gasteiger partial charge in [-0.25, -0.2) is 10.2 Å². The van der Waals surface area contributed by atoms with Crippen LogP contribution in [0.2, 0.25) is 0 Å². The highest BCUT2D eigenvalue weighted by Gasteiger charge is 2.15. The Morgan fingerprint density at radius 3 is 2.65 bits per heavy atom. The molecular weight excluding hydrogens is 261 g/mol. The van der Waals surface area contributed by atoms with E-state index in [1.807, 2.05) is 0 Å². The van der Waals surface area contributed by atoms with Gasteiger partial charge in [-0.2, -0.15) is 0 Å². The number of hydrazine groups is 1. The summed E-state index contributed by atoms with van der Waals surface area (Å²) in [7, 11) is 1.57. The van der Waals surface area contributed by atoms with Gasteiger partial charge in [0, 0.05) is 19.2 Å². The Hall–Kier alpha value is -2.54. The van der Waals surface area contributed by atoms with Crippen molar-refractivity contribution in [1.82, 2.24) is 15.1 Å². The zero-order valence-electron chi connectivity index (χ0n) is 10.9. The molecule has 2 rings (SSSR count). The fourth-order valence-electron chi connectivity index (χ4n) is 1.67. The molecule has 1 aromatic carbocycles. The number of nitrogen functional groups attached to an aromatic ring is 1. The van der Waals surface area contributed by atoms with E-state index in [1.165, 1.54) is 23.1 Å². The number of carbonyl (C=O) groups is 1. The second-order valence-corrected chi connectivity index (χ2v) is 4.20. The molecule has 0 aliphatic rings. The first kappa shape index (κ1) is 13.9.